The van der Waals surface area contributed by atoms with Gasteiger partial charge in [0.25, 0.3) is 0 Å². The summed E-state index contributed by atoms with van der Waals surface area (Å²) < 4.78 is 5.90. The summed E-state index contributed by atoms with van der Waals surface area (Å²) in [6, 6.07) is 5.89. The van der Waals surface area contributed by atoms with E-state index in [1.807, 2.05) is 12.1 Å². The van der Waals surface area contributed by atoms with Crippen molar-refractivity contribution in [1.29, 1.82) is 5.26 Å². The van der Waals surface area contributed by atoms with Gasteiger partial charge in [-0.1, -0.05) is 20.8 Å². The molecule has 0 saturated heterocycles. The van der Waals surface area contributed by atoms with Crippen molar-refractivity contribution in [3.63, 3.8) is 0 Å². The van der Waals surface area contributed by atoms with Crippen molar-refractivity contribution in [2.24, 2.45) is 0 Å². The molecule has 0 bridgehead atoms. The van der Waals surface area contributed by atoms with Gasteiger partial charge in [0.2, 0.25) is 5.88 Å². The van der Waals surface area contributed by atoms with Crippen LogP contribution in [-0.2, 0) is 5.41 Å². The Hall–Kier alpha value is -1.56. The van der Waals surface area contributed by atoms with E-state index in [1.54, 1.807) is 0 Å². The number of pyridine rings is 1. The van der Waals surface area contributed by atoms with Gasteiger partial charge in [-0.25, -0.2) is 4.98 Å². The predicted octanol–water partition coefficient (Wildman–Crippen LogP) is 3.57. The van der Waals surface area contributed by atoms with Gasteiger partial charge in [0.05, 0.1) is 0 Å². The summed E-state index contributed by atoms with van der Waals surface area (Å²) >= 11 is 0. The second-order valence-corrected chi connectivity index (χ2v) is 5.94. The summed E-state index contributed by atoms with van der Waals surface area (Å²) in [6.07, 6.45) is 4.81. The third-order valence-electron chi connectivity index (χ3n) is 3.33. The molecule has 3 heteroatoms. The van der Waals surface area contributed by atoms with Gasteiger partial charge < -0.3 is 4.74 Å². The van der Waals surface area contributed by atoms with Crippen molar-refractivity contribution in [2.75, 3.05) is 0 Å². The molecule has 0 N–H and O–H groups in total. The van der Waals surface area contributed by atoms with Crippen LogP contribution >= 0.6 is 0 Å². The third kappa shape index (κ3) is 2.81. The highest BCUT2D eigenvalue weighted by Gasteiger charge is 2.22. The molecule has 1 aliphatic rings. The Kier molecular flexibility index (Phi) is 3.56. The maximum atomic E-state index is 9.12. The van der Waals surface area contributed by atoms with E-state index in [9.17, 15) is 0 Å². The monoisotopic (exact) mass is 244 g/mol. The fraction of sp³-hybridized carbons (Fsp3) is 0.600. The van der Waals surface area contributed by atoms with Crippen molar-refractivity contribution in [1.82, 2.24) is 4.98 Å². The van der Waals surface area contributed by atoms with Crippen LogP contribution in [0.15, 0.2) is 12.1 Å². The van der Waals surface area contributed by atoms with E-state index < -0.39 is 0 Å². The van der Waals surface area contributed by atoms with Gasteiger partial charge in [0, 0.05) is 11.1 Å². The zero-order valence-electron chi connectivity index (χ0n) is 11.4. The smallest absolute Gasteiger partial charge is 0.232 e. The number of nitrogens with zero attached hydrogens (tertiary/aromatic N) is 2. The number of hydrogen-bond donors (Lipinski definition) is 0. The maximum absolute atomic E-state index is 9.12. The summed E-state index contributed by atoms with van der Waals surface area (Å²) in [4.78, 5) is 4.53. The average molecular weight is 244 g/mol. The first-order valence-corrected chi connectivity index (χ1v) is 6.59. The zero-order valence-corrected chi connectivity index (χ0v) is 11.4. The minimum absolute atomic E-state index is 0.0260. The number of rotatable bonds is 2. The molecule has 0 unspecified atom stereocenters. The molecular formula is C15H20N2O. The van der Waals surface area contributed by atoms with Crippen LogP contribution in [0.4, 0.5) is 0 Å². The van der Waals surface area contributed by atoms with Gasteiger partial charge in [-0.2, -0.15) is 5.26 Å². The normalized spacial score (nSPS) is 16.6. The second kappa shape index (κ2) is 4.97. The summed E-state index contributed by atoms with van der Waals surface area (Å²) in [5.74, 6) is 0.511. The lowest BCUT2D eigenvalue weighted by molar-refractivity contribution is 0.199. The van der Waals surface area contributed by atoms with Gasteiger partial charge in [0.1, 0.15) is 17.7 Å². The van der Waals surface area contributed by atoms with Gasteiger partial charge in [0.15, 0.2) is 0 Å². The van der Waals surface area contributed by atoms with Crippen LogP contribution < -0.4 is 4.74 Å². The van der Waals surface area contributed by atoms with Crippen LogP contribution in [0.25, 0.3) is 0 Å². The molecule has 0 spiro atoms. The summed E-state index contributed by atoms with van der Waals surface area (Å²) in [6.45, 7) is 6.34. The van der Waals surface area contributed by atoms with Gasteiger partial charge in [-0.05, 0) is 37.8 Å². The molecular weight excluding hydrogens is 224 g/mol. The molecule has 1 aromatic rings. The molecule has 0 aliphatic heterocycles. The molecule has 0 aromatic carbocycles. The molecule has 0 radical (unpaired) electrons. The number of ether oxygens (including phenoxy) is 1. The predicted molar refractivity (Wildman–Crippen MR) is 70.5 cm³/mol. The lowest BCUT2D eigenvalue weighted by Crippen LogP contribution is -2.17. The molecule has 3 nitrogen and oxygen atoms in total. The van der Waals surface area contributed by atoms with Crippen LogP contribution in [-0.4, -0.2) is 11.1 Å². The molecule has 2 rings (SSSR count). The van der Waals surface area contributed by atoms with E-state index >= 15 is 0 Å². The van der Waals surface area contributed by atoms with Crippen molar-refractivity contribution >= 4 is 0 Å². The lowest BCUT2D eigenvalue weighted by atomic mass is 9.91. The van der Waals surface area contributed by atoms with E-state index in [0.717, 1.165) is 18.5 Å². The van der Waals surface area contributed by atoms with Crippen LogP contribution in [0.2, 0.25) is 0 Å². The Morgan fingerprint density at radius 2 is 1.94 bits per heavy atom. The molecule has 0 amide bonds. The van der Waals surface area contributed by atoms with Gasteiger partial charge in [-0.3, -0.25) is 0 Å². The topological polar surface area (TPSA) is 45.9 Å². The molecule has 1 aliphatic carbocycles. The quantitative estimate of drug-likeness (QED) is 0.799. The van der Waals surface area contributed by atoms with E-state index in [4.69, 9.17) is 10.00 Å². The first-order valence-electron chi connectivity index (χ1n) is 6.59. The first-order chi connectivity index (χ1) is 8.50. The van der Waals surface area contributed by atoms with E-state index in [-0.39, 0.29) is 11.5 Å². The van der Waals surface area contributed by atoms with E-state index in [0.29, 0.717) is 11.4 Å². The number of hydrogen-bond acceptors (Lipinski definition) is 3. The number of nitriles is 1. The zero-order chi connectivity index (χ0) is 13.2. The Balaban J connectivity index is 2.28. The summed E-state index contributed by atoms with van der Waals surface area (Å²) in [5, 5.41) is 9.12. The van der Waals surface area contributed by atoms with Crippen molar-refractivity contribution in [3.8, 4) is 11.9 Å². The molecule has 18 heavy (non-hydrogen) atoms. The van der Waals surface area contributed by atoms with Crippen molar-refractivity contribution in [3.05, 3.63) is 23.4 Å². The van der Waals surface area contributed by atoms with Crippen LogP contribution in [0.3, 0.4) is 0 Å². The standard InChI is InChI=1S/C15H20N2O/c1-15(2,3)13-9-8-11(10-16)14(17-13)18-12-6-4-5-7-12/h8-9,12H,4-7H2,1-3H3. The SMILES string of the molecule is CC(C)(C)c1ccc(C#N)c(OC2CCCC2)n1. The highest BCUT2D eigenvalue weighted by molar-refractivity contribution is 5.40. The molecule has 1 aromatic heterocycles. The van der Waals surface area contributed by atoms with Crippen LogP contribution in [0, 0.1) is 11.3 Å². The Morgan fingerprint density at radius 3 is 2.50 bits per heavy atom. The molecule has 1 saturated carbocycles. The van der Waals surface area contributed by atoms with Crippen LogP contribution in [0.5, 0.6) is 5.88 Å². The molecule has 96 valence electrons. The third-order valence-corrected chi connectivity index (χ3v) is 3.33. The Bertz CT molecular complexity index is 462. The van der Waals surface area contributed by atoms with E-state index in [1.165, 1.54) is 12.8 Å². The first kappa shape index (κ1) is 12.9. The van der Waals surface area contributed by atoms with Gasteiger partial charge in [-0.15, -0.1) is 0 Å². The minimum Gasteiger partial charge on any atom is -0.473 e. The Labute approximate surface area is 109 Å². The number of aromatic nitrogens is 1. The van der Waals surface area contributed by atoms with Crippen molar-refractivity contribution in [2.45, 2.75) is 58.0 Å². The van der Waals surface area contributed by atoms with Gasteiger partial charge >= 0.3 is 0 Å². The van der Waals surface area contributed by atoms with Crippen molar-refractivity contribution < 1.29 is 4.74 Å². The molecule has 0 atom stereocenters. The fourth-order valence-electron chi connectivity index (χ4n) is 2.20. The van der Waals surface area contributed by atoms with E-state index in [2.05, 4.69) is 31.8 Å². The second-order valence-electron chi connectivity index (χ2n) is 5.94. The average Bonchev–Trinajstić information content (AvgIpc) is 2.80. The largest absolute Gasteiger partial charge is 0.473 e. The summed E-state index contributed by atoms with van der Waals surface area (Å²) in [5.41, 5.74) is 1.48. The molecule has 1 heterocycles. The Morgan fingerprint density at radius 1 is 1.28 bits per heavy atom. The van der Waals surface area contributed by atoms with Crippen LogP contribution in [0.1, 0.15) is 57.7 Å². The minimum atomic E-state index is -0.0260. The maximum Gasteiger partial charge on any atom is 0.232 e. The summed E-state index contributed by atoms with van der Waals surface area (Å²) in [7, 11) is 0. The highest BCUT2D eigenvalue weighted by atomic mass is 16.5. The molecule has 1 fully saturated rings. The lowest BCUT2D eigenvalue weighted by Gasteiger charge is -2.20. The fourth-order valence-corrected chi connectivity index (χ4v) is 2.20. The highest BCUT2D eigenvalue weighted by Crippen LogP contribution is 2.28.